The number of methoxy groups -OCH3 is 1. The Labute approximate surface area is 88.3 Å². The van der Waals surface area contributed by atoms with E-state index in [0.717, 1.165) is 0 Å². The molecule has 5 heteroatoms. The minimum atomic E-state index is -1.07. The fourth-order valence-corrected chi connectivity index (χ4v) is 1.29. The maximum Gasteiger partial charge on any atom is 0.120 e. The molecular weight excluding hydrogens is 196 g/mol. The van der Waals surface area contributed by atoms with Gasteiger partial charge in [-0.15, -0.1) is 0 Å². The van der Waals surface area contributed by atoms with Crippen molar-refractivity contribution < 1.29 is 14.9 Å². The second-order valence-corrected chi connectivity index (χ2v) is 3.24. The highest BCUT2D eigenvalue weighted by atomic mass is 16.5. The number of benzene rings is 1. The van der Waals surface area contributed by atoms with Crippen molar-refractivity contribution in [2.24, 2.45) is 5.73 Å². The minimum Gasteiger partial charge on any atom is -0.497 e. The Morgan fingerprint density at radius 3 is 2.53 bits per heavy atom. The Hall–Kier alpha value is -1.30. The third-order valence-electron chi connectivity index (χ3n) is 2.22. The van der Waals surface area contributed by atoms with Crippen molar-refractivity contribution in [3.05, 3.63) is 23.8 Å². The van der Waals surface area contributed by atoms with Crippen LogP contribution in [0.3, 0.4) is 0 Å². The molecule has 0 aliphatic heterocycles. The lowest BCUT2D eigenvalue weighted by molar-refractivity contribution is 0.0247. The van der Waals surface area contributed by atoms with Crippen molar-refractivity contribution in [1.82, 2.24) is 0 Å². The Balaban J connectivity index is 2.95. The lowest BCUT2D eigenvalue weighted by atomic mass is 10.0. The minimum absolute atomic E-state index is 0.0212. The van der Waals surface area contributed by atoms with Crippen molar-refractivity contribution in [3.63, 3.8) is 0 Å². The summed E-state index contributed by atoms with van der Waals surface area (Å²) < 4.78 is 4.97. The molecule has 0 saturated carbocycles. The summed E-state index contributed by atoms with van der Waals surface area (Å²) in [6.07, 6.45) is -2.08. The molecule has 84 valence electrons. The first kappa shape index (κ1) is 11.8. The maximum atomic E-state index is 9.68. The lowest BCUT2D eigenvalue weighted by Gasteiger charge is -2.18. The van der Waals surface area contributed by atoms with E-state index in [9.17, 15) is 10.2 Å². The van der Waals surface area contributed by atoms with Gasteiger partial charge in [-0.3, -0.25) is 0 Å². The van der Waals surface area contributed by atoms with E-state index < -0.39 is 12.2 Å². The Morgan fingerprint density at radius 2 is 2.07 bits per heavy atom. The van der Waals surface area contributed by atoms with Crippen molar-refractivity contribution >= 4 is 5.69 Å². The van der Waals surface area contributed by atoms with Gasteiger partial charge in [0.1, 0.15) is 11.9 Å². The van der Waals surface area contributed by atoms with Crippen LogP contribution in [0.15, 0.2) is 18.2 Å². The van der Waals surface area contributed by atoms with E-state index in [1.807, 2.05) is 0 Å². The van der Waals surface area contributed by atoms with Crippen LogP contribution in [0.1, 0.15) is 11.7 Å². The van der Waals surface area contributed by atoms with Crippen LogP contribution in [0.4, 0.5) is 5.69 Å². The number of nitrogens with two attached hydrogens (primary N) is 2. The zero-order valence-corrected chi connectivity index (χ0v) is 8.55. The topological polar surface area (TPSA) is 102 Å². The van der Waals surface area contributed by atoms with Crippen molar-refractivity contribution in [3.8, 4) is 5.75 Å². The molecule has 5 nitrogen and oxygen atoms in total. The highest BCUT2D eigenvalue weighted by Gasteiger charge is 2.19. The zero-order chi connectivity index (χ0) is 11.4. The van der Waals surface area contributed by atoms with E-state index in [-0.39, 0.29) is 6.54 Å². The van der Waals surface area contributed by atoms with Crippen LogP contribution < -0.4 is 16.2 Å². The van der Waals surface area contributed by atoms with Crippen LogP contribution >= 0.6 is 0 Å². The third-order valence-corrected chi connectivity index (χ3v) is 2.22. The Kier molecular flexibility index (Phi) is 3.90. The molecule has 15 heavy (non-hydrogen) atoms. The molecule has 0 bridgehead atoms. The molecule has 0 fully saturated rings. The number of hydrogen-bond acceptors (Lipinski definition) is 5. The third kappa shape index (κ3) is 2.59. The monoisotopic (exact) mass is 212 g/mol. The van der Waals surface area contributed by atoms with Crippen molar-refractivity contribution in [1.29, 1.82) is 0 Å². The van der Waals surface area contributed by atoms with Crippen LogP contribution in [0.5, 0.6) is 5.75 Å². The number of nitrogen functional groups attached to an aromatic ring is 1. The smallest absolute Gasteiger partial charge is 0.120 e. The molecule has 2 atom stereocenters. The largest absolute Gasteiger partial charge is 0.497 e. The van der Waals surface area contributed by atoms with E-state index in [1.165, 1.54) is 7.11 Å². The second kappa shape index (κ2) is 4.97. The number of aliphatic hydroxyl groups excluding tert-OH is 2. The molecule has 2 unspecified atom stereocenters. The van der Waals surface area contributed by atoms with E-state index in [4.69, 9.17) is 16.2 Å². The van der Waals surface area contributed by atoms with Gasteiger partial charge in [0.15, 0.2) is 0 Å². The highest BCUT2D eigenvalue weighted by Crippen LogP contribution is 2.26. The summed E-state index contributed by atoms with van der Waals surface area (Å²) in [7, 11) is 1.53. The zero-order valence-electron chi connectivity index (χ0n) is 8.55. The van der Waals surface area contributed by atoms with Gasteiger partial charge in [0.05, 0.1) is 13.2 Å². The molecule has 0 aromatic heterocycles. The fraction of sp³-hybridized carbons (Fsp3) is 0.400. The molecular formula is C10H16N2O3. The summed E-state index contributed by atoms with van der Waals surface area (Å²) in [6.45, 7) is -0.0212. The number of hydrogen-bond donors (Lipinski definition) is 4. The molecule has 0 amide bonds. The molecule has 6 N–H and O–H groups in total. The first-order valence-electron chi connectivity index (χ1n) is 4.59. The van der Waals surface area contributed by atoms with Crippen LogP contribution in [-0.4, -0.2) is 30.0 Å². The van der Waals surface area contributed by atoms with Crippen molar-refractivity contribution in [2.45, 2.75) is 12.2 Å². The molecule has 0 saturated heterocycles. The average molecular weight is 212 g/mol. The van der Waals surface area contributed by atoms with Crippen LogP contribution in [0.25, 0.3) is 0 Å². The molecule has 1 aromatic carbocycles. The summed E-state index contributed by atoms with van der Waals surface area (Å²) in [4.78, 5) is 0. The highest BCUT2D eigenvalue weighted by molar-refractivity contribution is 5.52. The molecule has 0 spiro atoms. The Morgan fingerprint density at radius 1 is 1.40 bits per heavy atom. The van der Waals surface area contributed by atoms with Crippen LogP contribution in [0.2, 0.25) is 0 Å². The van der Waals surface area contributed by atoms with E-state index in [1.54, 1.807) is 18.2 Å². The summed E-state index contributed by atoms with van der Waals surface area (Å²) in [5, 5.41) is 19.1. The van der Waals surface area contributed by atoms with Gasteiger partial charge in [-0.2, -0.15) is 0 Å². The summed E-state index contributed by atoms with van der Waals surface area (Å²) in [5.74, 6) is 0.602. The second-order valence-electron chi connectivity index (χ2n) is 3.24. The van der Waals surface area contributed by atoms with Gasteiger partial charge in [-0.05, 0) is 6.07 Å². The number of aliphatic hydroxyl groups is 2. The van der Waals surface area contributed by atoms with Gasteiger partial charge in [0, 0.05) is 23.9 Å². The van der Waals surface area contributed by atoms with Gasteiger partial charge < -0.3 is 26.4 Å². The van der Waals surface area contributed by atoms with Crippen LogP contribution in [-0.2, 0) is 0 Å². The first-order valence-corrected chi connectivity index (χ1v) is 4.59. The van der Waals surface area contributed by atoms with Gasteiger partial charge >= 0.3 is 0 Å². The van der Waals surface area contributed by atoms with E-state index >= 15 is 0 Å². The van der Waals surface area contributed by atoms with Gasteiger partial charge in [0.2, 0.25) is 0 Å². The lowest BCUT2D eigenvalue weighted by Crippen LogP contribution is -2.27. The van der Waals surface area contributed by atoms with Crippen LogP contribution in [0, 0.1) is 0 Å². The number of ether oxygens (including phenoxy) is 1. The summed E-state index contributed by atoms with van der Waals surface area (Å²) in [5.41, 5.74) is 11.8. The fourth-order valence-electron chi connectivity index (χ4n) is 1.29. The SMILES string of the molecule is COc1ccc(C(O)C(O)CN)c(N)c1. The van der Waals surface area contributed by atoms with E-state index in [0.29, 0.717) is 17.0 Å². The summed E-state index contributed by atoms with van der Waals surface area (Å²) >= 11 is 0. The first-order chi connectivity index (χ1) is 7.10. The molecule has 1 rings (SSSR count). The normalized spacial score (nSPS) is 14.7. The quantitative estimate of drug-likeness (QED) is 0.510. The maximum absolute atomic E-state index is 9.68. The standard InChI is InChI=1S/C10H16N2O3/c1-15-6-2-3-7(8(12)4-6)10(14)9(13)5-11/h2-4,9-10,13-14H,5,11-12H2,1H3. The summed E-state index contributed by atoms with van der Waals surface area (Å²) in [6, 6.07) is 4.86. The molecule has 0 aliphatic carbocycles. The van der Waals surface area contributed by atoms with Gasteiger partial charge in [-0.25, -0.2) is 0 Å². The van der Waals surface area contributed by atoms with E-state index in [2.05, 4.69) is 0 Å². The van der Waals surface area contributed by atoms with Gasteiger partial charge in [-0.1, -0.05) is 6.07 Å². The van der Waals surface area contributed by atoms with Crippen molar-refractivity contribution in [2.75, 3.05) is 19.4 Å². The number of rotatable bonds is 4. The molecule has 0 heterocycles. The molecule has 0 radical (unpaired) electrons. The number of anilines is 1. The molecule has 0 aliphatic rings. The van der Waals surface area contributed by atoms with Gasteiger partial charge in [0.25, 0.3) is 0 Å². The average Bonchev–Trinajstić information content (AvgIpc) is 2.26. The Bertz CT molecular complexity index is 330. The predicted octanol–water partition coefficient (Wildman–Crippen LogP) is -0.370. The molecule has 1 aromatic rings. The predicted molar refractivity (Wildman–Crippen MR) is 57.4 cm³/mol.